The Morgan fingerprint density at radius 3 is 1.97 bits per heavy atom. The molecule has 6 N–H and O–H groups in total. The Morgan fingerprint density at radius 2 is 1.23 bits per heavy atom. The lowest BCUT2D eigenvalue weighted by Crippen LogP contribution is -2.27. The molecule has 4 unspecified atom stereocenters. The van der Waals surface area contributed by atoms with Crippen molar-refractivity contribution in [3.63, 3.8) is 0 Å². The molecule has 2 aliphatic rings. The molecule has 0 aromatic heterocycles. The van der Waals surface area contributed by atoms with Gasteiger partial charge in [0.05, 0.1) is 0 Å². The number of ether oxygens (including phenoxy) is 1. The molecule has 176 valence electrons. The van der Waals surface area contributed by atoms with Crippen LogP contribution in [-0.2, 0) is 0 Å². The maximum atomic E-state index is 11.0. The van der Waals surface area contributed by atoms with E-state index in [9.17, 15) is 30.6 Å². The topological polar surface area (TPSA) is 131 Å². The number of hydrogen-bond acceptors (Lipinski definition) is 7. The lowest BCUT2D eigenvalue weighted by molar-refractivity contribution is 0.135. The van der Waals surface area contributed by atoms with Crippen molar-refractivity contribution < 1.29 is 35.4 Å². The first kappa shape index (κ1) is 21.0. The van der Waals surface area contributed by atoms with Gasteiger partial charge in [-0.1, -0.05) is 24.3 Å². The van der Waals surface area contributed by atoms with Gasteiger partial charge in [-0.15, -0.1) is 0 Å². The Morgan fingerprint density at radius 1 is 0.514 bits per heavy atom. The predicted octanol–water partition coefficient (Wildman–Crippen LogP) is 5.07. The molecule has 1 aliphatic carbocycles. The summed E-state index contributed by atoms with van der Waals surface area (Å²) in [5.74, 6) is -1.18. The summed E-state index contributed by atoms with van der Waals surface area (Å²) in [6.07, 6.45) is -0.564. The van der Waals surface area contributed by atoms with Crippen molar-refractivity contribution in [3.05, 3.63) is 101 Å². The van der Waals surface area contributed by atoms with Crippen LogP contribution in [0.3, 0.4) is 0 Å². The van der Waals surface area contributed by atoms with Crippen molar-refractivity contribution in [2.24, 2.45) is 0 Å². The Labute approximate surface area is 200 Å². The van der Waals surface area contributed by atoms with E-state index >= 15 is 0 Å². The van der Waals surface area contributed by atoms with Crippen LogP contribution in [0.2, 0.25) is 0 Å². The van der Waals surface area contributed by atoms with Crippen LogP contribution < -0.4 is 4.74 Å². The highest BCUT2D eigenvalue weighted by atomic mass is 16.5. The van der Waals surface area contributed by atoms with E-state index in [-0.39, 0.29) is 46.3 Å². The van der Waals surface area contributed by atoms with Crippen molar-refractivity contribution in [1.82, 2.24) is 0 Å². The van der Waals surface area contributed by atoms with Gasteiger partial charge < -0.3 is 35.4 Å². The van der Waals surface area contributed by atoms with Gasteiger partial charge in [0.1, 0.15) is 34.9 Å². The maximum Gasteiger partial charge on any atom is 0.157 e. The van der Waals surface area contributed by atoms with Crippen molar-refractivity contribution in [1.29, 1.82) is 0 Å². The molecule has 0 saturated heterocycles. The Hall–Kier alpha value is -4.52. The number of phenolic OH excluding ortho intramolecular Hbond substituents is 6. The second-order valence-electron chi connectivity index (χ2n) is 9.10. The summed E-state index contributed by atoms with van der Waals surface area (Å²) in [6, 6.07) is 19.0. The van der Waals surface area contributed by atoms with E-state index in [0.29, 0.717) is 22.4 Å². The van der Waals surface area contributed by atoms with Crippen molar-refractivity contribution in [3.8, 4) is 40.2 Å². The zero-order valence-corrected chi connectivity index (χ0v) is 18.3. The molecule has 7 heteroatoms. The first-order valence-electron chi connectivity index (χ1n) is 11.2. The van der Waals surface area contributed by atoms with Gasteiger partial charge in [-0.05, 0) is 58.7 Å². The highest BCUT2D eigenvalue weighted by molar-refractivity contribution is 5.63. The molecule has 35 heavy (non-hydrogen) atoms. The number of fused-ring (bicyclic) bond motifs is 5. The molecule has 0 radical (unpaired) electrons. The third-order valence-corrected chi connectivity index (χ3v) is 7.11. The van der Waals surface area contributed by atoms with Gasteiger partial charge in [-0.25, -0.2) is 0 Å². The van der Waals surface area contributed by atoms with Crippen LogP contribution in [0.15, 0.2) is 72.8 Å². The zero-order valence-electron chi connectivity index (χ0n) is 18.3. The van der Waals surface area contributed by atoms with Gasteiger partial charge >= 0.3 is 0 Å². The average molecular weight is 470 g/mol. The summed E-state index contributed by atoms with van der Waals surface area (Å²) >= 11 is 0. The molecule has 1 heterocycles. The maximum absolute atomic E-state index is 11.0. The molecule has 0 saturated carbocycles. The number of aromatic hydroxyl groups is 6. The van der Waals surface area contributed by atoms with E-state index in [0.717, 1.165) is 11.1 Å². The fourth-order valence-electron chi connectivity index (χ4n) is 5.72. The largest absolute Gasteiger partial charge is 0.508 e. The molecule has 6 rings (SSSR count). The predicted molar refractivity (Wildman–Crippen MR) is 126 cm³/mol. The molecule has 0 bridgehead atoms. The van der Waals surface area contributed by atoms with Gasteiger partial charge in [-0.2, -0.15) is 0 Å². The van der Waals surface area contributed by atoms with Crippen molar-refractivity contribution in [2.45, 2.75) is 23.9 Å². The van der Waals surface area contributed by atoms with Crippen LogP contribution in [0, 0.1) is 0 Å². The monoisotopic (exact) mass is 470 g/mol. The second kappa shape index (κ2) is 7.50. The SMILES string of the molecule is Oc1ccc(C2Oc3cc(O)ccc3C3C(c4ccc(O)c(O)c4)c4c(O)cc(O)cc4C23)cc1. The molecule has 7 nitrogen and oxygen atoms in total. The van der Waals surface area contributed by atoms with Crippen LogP contribution in [0.25, 0.3) is 0 Å². The number of phenols is 6. The number of benzene rings is 4. The molecule has 0 spiro atoms. The summed E-state index contributed by atoms with van der Waals surface area (Å²) in [5.41, 5.74) is 3.53. The smallest absolute Gasteiger partial charge is 0.157 e. The van der Waals surface area contributed by atoms with E-state index < -0.39 is 12.0 Å². The fourth-order valence-corrected chi connectivity index (χ4v) is 5.72. The summed E-state index contributed by atoms with van der Waals surface area (Å²) in [5, 5.41) is 61.6. The first-order chi connectivity index (χ1) is 16.8. The quantitative estimate of drug-likeness (QED) is 0.226. The first-order valence-corrected chi connectivity index (χ1v) is 11.2. The summed E-state index contributed by atoms with van der Waals surface area (Å²) < 4.78 is 6.42. The summed E-state index contributed by atoms with van der Waals surface area (Å²) in [6.45, 7) is 0. The summed E-state index contributed by atoms with van der Waals surface area (Å²) in [7, 11) is 0. The van der Waals surface area contributed by atoms with E-state index in [1.807, 2.05) is 0 Å². The van der Waals surface area contributed by atoms with E-state index in [1.54, 1.807) is 54.6 Å². The van der Waals surface area contributed by atoms with Crippen LogP contribution in [-0.4, -0.2) is 30.6 Å². The standard InChI is InChI=1S/C28H22O7/c29-15-4-1-13(2-5-15)28-27-19-10-17(31)11-22(34)25(19)24(14-3-8-20(32)21(33)9-14)26(27)18-7-6-16(30)12-23(18)35-28/h1-12,24,26-34H. The summed E-state index contributed by atoms with van der Waals surface area (Å²) in [4.78, 5) is 0. The minimum Gasteiger partial charge on any atom is -0.508 e. The minimum absolute atomic E-state index is 0.0430. The zero-order chi connectivity index (χ0) is 24.4. The molecular formula is C28H22O7. The van der Waals surface area contributed by atoms with Gasteiger partial charge in [0, 0.05) is 35.4 Å². The van der Waals surface area contributed by atoms with E-state index in [2.05, 4.69) is 0 Å². The molecule has 4 aromatic rings. The van der Waals surface area contributed by atoms with Crippen LogP contribution in [0.1, 0.15) is 51.7 Å². The van der Waals surface area contributed by atoms with Gasteiger partial charge in [0.25, 0.3) is 0 Å². The third kappa shape index (κ3) is 3.19. The van der Waals surface area contributed by atoms with Crippen molar-refractivity contribution >= 4 is 0 Å². The Kier molecular flexibility index (Phi) is 4.51. The van der Waals surface area contributed by atoms with Gasteiger partial charge in [0.15, 0.2) is 11.5 Å². The van der Waals surface area contributed by atoms with Crippen LogP contribution >= 0.6 is 0 Å². The Balaban J connectivity index is 1.65. The minimum atomic E-state index is -0.564. The van der Waals surface area contributed by atoms with E-state index in [4.69, 9.17) is 4.74 Å². The van der Waals surface area contributed by atoms with Gasteiger partial charge in [-0.3, -0.25) is 0 Å². The molecule has 1 aliphatic heterocycles. The van der Waals surface area contributed by atoms with Crippen LogP contribution in [0.4, 0.5) is 0 Å². The van der Waals surface area contributed by atoms with Gasteiger partial charge in [0.2, 0.25) is 0 Å². The van der Waals surface area contributed by atoms with E-state index in [1.165, 1.54) is 18.2 Å². The third-order valence-electron chi connectivity index (χ3n) is 7.11. The average Bonchev–Trinajstić information content (AvgIpc) is 3.16. The van der Waals surface area contributed by atoms with Crippen molar-refractivity contribution in [2.75, 3.05) is 0 Å². The second-order valence-corrected chi connectivity index (χ2v) is 9.10. The molecular weight excluding hydrogens is 448 g/mol. The highest BCUT2D eigenvalue weighted by Gasteiger charge is 2.52. The molecule has 0 fully saturated rings. The normalized spacial score (nSPS) is 22.1. The molecule has 4 aromatic carbocycles. The van der Waals surface area contributed by atoms with Crippen LogP contribution in [0.5, 0.6) is 40.2 Å². The lowest BCUT2D eigenvalue weighted by Gasteiger charge is -2.39. The Bertz CT molecular complexity index is 1460. The lowest BCUT2D eigenvalue weighted by atomic mass is 9.73. The fraction of sp³-hybridized carbons (Fsp3) is 0.143. The number of rotatable bonds is 2. The highest BCUT2D eigenvalue weighted by Crippen LogP contribution is 2.65. The molecule has 0 amide bonds. The number of hydrogen-bond donors (Lipinski definition) is 6. The molecule has 4 atom stereocenters.